The molecule has 0 aromatic carbocycles. The number of hydrogen-bond donors (Lipinski definition) is 0. The molecule has 4 nitrogen and oxygen atoms in total. The van der Waals surface area contributed by atoms with E-state index < -0.39 is 0 Å². The summed E-state index contributed by atoms with van der Waals surface area (Å²) in [6.45, 7) is 4.46. The van der Waals surface area contributed by atoms with E-state index in [2.05, 4.69) is 30.7 Å². The average Bonchev–Trinajstić information content (AvgIpc) is 2.60. The summed E-state index contributed by atoms with van der Waals surface area (Å²) in [5.41, 5.74) is 4.27. The summed E-state index contributed by atoms with van der Waals surface area (Å²) in [5, 5.41) is 0. The first-order valence-electron chi connectivity index (χ1n) is 8.49. The molecule has 1 aliphatic rings. The van der Waals surface area contributed by atoms with E-state index in [-0.39, 0.29) is 11.0 Å². The van der Waals surface area contributed by atoms with Crippen molar-refractivity contribution in [2.45, 2.75) is 33.1 Å². The van der Waals surface area contributed by atoms with Crippen LogP contribution in [0.4, 0.5) is 0 Å². The second-order valence-electron chi connectivity index (χ2n) is 7.29. The number of aromatic nitrogens is 3. The molecule has 0 aliphatic heterocycles. The van der Waals surface area contributed by atoms with Gasteiger partial charge in [-0.15, -0.1) is 0 Å². The molecule has 4 rings (SSSR count). The number of fused-ring (bicyclic) bond motifs is 2. The highest BCUT2D eigenvalue weighted by atomic mass is 16.1. The zero-order chi connectivity index (χ0) is 17.4. The Morgan fingerprint density at radius 1 is 1.20 bits per heavy atom. The van der Waals surface area contributed by atoms with Crippen LogP contribution in [0.2, 0.25) is 0 Å². The van der Waals surface area contributed by atoms with Gasteiger partial charge in [0.05, 0.1) is 5.69 Å². The number of pyridine rings is 2. The molecule has 4 heteroatoms. The first-order valence-corrected chi connectivity index (χ1v) is 8.49. The van der Waals surface area contributed by atoms with Crippen LogP contribution in [0, 0.1) is 17.3 Å². The predicted octanol–water partition coefficient (Wildman–Crippen LogP) is 3.00. The highest BCUT2D eigenvalue weighted by molar-refractivity contribution is 5.50. The van der Waals surface area contributed by atoms with E-state index in [0.29, 0.717) is 5.65 Å². The smallest absolute Gasteiger partial charge is 0.261 e. The molecule has 25 heavy (non-hydrogen) atoms. The molecule has 3 heterocycles. The Morgan fingerprint density at radius 3 is 2.88 bits per heavy atom. The Labute approximate surface area is 146 Å². The fraction of sp³-hybridized carbons (Fsp3) is 0.286. The molecule has 0 fully saturated rings. The number of hydrogen-bond acceptors (Lipinski definition) is 3. The predicted molar refractivity (Wildman–Crippen MR) is 97.5 cm³/mol. The molecule has 0 amide bonds. The third-order valence-electron chi connectivity index (χ3n) is 4.71. The van der Waals surface area contributed by atoms with E-state index in [9.17, 15) is 4.79 Å². The minimum atomic E-state index is 0.0553. The summed E-state index contributed by atoms with van der Waals surface area (Å²) < 4.78 is 1.63. The first kappa shape index (κ1) is 15.6. The Bertz CT molecular complexity index is 1070. The molecule has 0 saturated heterocycles. The topological polar surface area (TPSA) is 47.3 Å². The van der Waals surface area contributed by atoms with Crippen molar-refractivity contribution in [2.75, 3.05) is 0 Å². The Kier molecular flexibility index (Phi) is 3.65. The van der Waals surface area contributed by atoms with Gasteiger partial charge >= 0.3 is 0 Å². The SMILES string of the molecule is CC1(C)CCc2c(nc3cc(C#Cc4ccccn4)ccn3c2=O)C1. The van der Waals surface area contributed by atoms with Gasteiger partial charge in [-0.05, 0) is 54.9 Å². The molecule has 0 unspecified atom stereocenters. The van der Waals surface area contributed by atoms with Gasteiger partial charge < -0.3 is 0 Å². The van der Waals surface area contributed by atoms with Gasteiger partial charge in [0.2, 0.25) is 0 Å². The van der Waals surface area contributed by atoms with Crippen molar-refractivity contribution in [1.29, 1.82) is 0 Å². The van der Waals surface area contributed by atoms with E-state index in [0.717, 1.165) is 41.8 Å². The molecular weight excluding hydrogens is 310 g/mol. The van der Waals surface area contributed by atoms with Gasteiger partial charge in [0.1, 0.15) is 11.3 Å². The van der Waals surface area contributed by atoms with Crippen molar-refractivity contribution >= 4 is 5.65 Å². The molecule has 0 spiro atoms. The molecule has 0 bridgehead atoms. The summed E-state index contributed by atoms with van der Waals surface area (Å²) in [4.78, 5) is 21.7. The number of nitrogens with zero attached hydrogens (tertiary/aromatic N) is 3. The highest BCUT2D eigenvalue weighted by Gasteiger charge is 2.28. The molecule has 0 N–H and O–H groups in total. The van der Waals surface area contributed by atoms with Crippen molar-refractivity contribution in [3.8, 4) is 11.8 Å². The fourth-order valence-electron chi connectivity index (χ4n) is 3.27. The molecule has 124 valence electrons. The summed E-state index contributed by atoms with van der Waals surface area (Å²) in [6.07, 6.45) is 6.17. The third kappa shape index (κ3) is 3.06. The summed E-state index contributed by atoms with van der Waals surface area (Å²) in [7, 11) is 0. The molecule has 3 aromatic rings. The van der Waals surface area contributed by atoms with Gasteiger partial charge in [0.15, 0.2) is 0 Å². The zero-order valence-corrected chi connectivity index (χ0v) is 14.4. The molecule has 0 radical (unpaired) electrons. The summed E-state index contributed by atoms with van der Waals surface area (Å²) >= 11 is 0. The van der Waals surface area contributed by atoms with Gasteiger partial charge in [0, 0.05) is 23.5 Å². The maximum atomic E-state index is 12.8. The largest absolute Gasteiger partial charge is 0.269 e. The Balaban J connectivity index is 1.79. The lowest BCUT2D eigenvalue weighted by molar-refractivity contribution is 0.309. The monoisotopic (exact) mass is 329 g/mol. The first-order chi connectivity index (χ1) is 12.0. The molecule has 0 atom stereocenters. The molecule has 3 aromatic heterocycles. The van der Waals surface area contributed by atoms with Crippen molar-refractivity contribution in [3.63, 3.8) is 0 Å². The minimum absolute atomic E-state index is 0.0553. The van der Waals surface area contributed by atoms with Crippen molar-refractivity contribution in [3.05, 3.63) is 75.6 Å². The lowest BCUT2D eigenvalue weighted by Crippen LogP contribution is -2.31. The Morgan fingerprint density at radius 2 is 2.08 bits per heavy atom. The maximum absolute atomic E-state index is 12.8. The van der Waals surface area contributed by atoms with E-state index in [4.69, 9.17) is 4.98 Å². The van der Waals surface area contributed by atoms with Crippen LogP contribution in [-0.2, 0) is 12.8 Å². The second-order valence-corrected chi connectivity index (χ2v) is 7.29. The minimum Gasteiger partial charge on any atom is -0.269 e. The summed E-state index contributed by atoms with van der Waals surface area (Å²) in [6, 6.07) is 9.37. The van der Waals surface area contributed by atoms with Gasteiger partial charge in [0.25, 0.3) is 5.56 Å². The van der Waals surface area contributed by atoms with Crippen LogP contribution in [0.25, 0.3) is 5.65 Å². The van der Waals surface area contributed by atoms with Crippen LogP contribution in [-0.4, -0.2) is 14.4 Å². The van der Waals surface area contributed by atoms with E-state index in [1.807, 2.05) is 30.3 Å². The molecule has 0 saturated carbocycles. The van der Waals surface area contributed by atoms with Crippen molar-refractivity contribution < 1.29 is 0 Å². The quantitative estimate of drug-likeness (QED) is 0.596. The second kappa shape index (κ2) is 5.86. The van der Waals surface area contributed by atoms with E-state index >= 15 is 0 Å². The number of rotatable bonds is 0. The van der Waals surface area contributed by atoms with Crippen LogP contribution >= 0.6 is 0 Å². The van der Waals surface area contributed by atoms with Crippen LogP contribution < -0.4 is 5.56 Å². The normalized spacial score (nSPS) is 15.3. The Hall–Kier alpha value is -2.93. The van der Waals surface area contributed by atoms with Gasteiger partial charge in [-0.2, -0.15) is 0 Å². The van der Waals surface area contributed by atoms with Crippen LogP contribution in [0.5, 0.6) is 0 Å². The van der Waals surface area contributed by atoms with Crippen LogP contribution in [0.15, 0.2) is 47.5 Å². The lowest BCUT2D eigenvalue weighted by Gasteiger charge is -2.30. The summed E-state index contributed by atoms with van der Waals surface area (Å²) in [5.74, 6) is 6.14. The standard InChI is InChI=1S/C21H19N3O/c1-21(2)10-8-17-18(14-21)23-19-13-15(9-12-24(19)20(17)25)6-7-16-5-3-4-11-22-16/h3-5,9,11-13H,8,10,14H2,1-2H3. The third-order valence-corrected chi connectivity index (χ3v) is 4.71. The van der Waals surface area contributed by atoms with Crippen molar-refractivity contribution in [1.82, 2.24) is 14.4 Å². The van der Waals surface area contributed by atoms with E-state index in [1.165, 1.54) is 0 Å². The van der Waals surface area contributed by atoms with Gasteiger partial charge in [-0.25, -0.2) is 9.97 Å². The fourth-order valence-corrected chi connectivity index (χ4v) is 3.27. The van der Waals surface area contributed by atoms with Gasteiger partial charge in [-0.3, -0.25) is 9.20 Å². The lowest BCUT2D eigenvalue weighted by atomic mass is 9.76. The average molecular weight is 329 g/mol. The highest BCUT2D eigenvalue weighted by Crippen LogP contribution is 2.32. The van der Waals surface area contributed by atoms with Crippen LogP contribution in [0.1, 0.15) is 42.8 Å². The molecular formula is C21H19N3O. The van der Waals surface area contributed by atoms with Crippen molar-refractivity contribution in [2.24, 2.45) is 5.41 Å². The maximum Gasteiger partial charge on any atom is 0.261 e. The van der Waals surface area contributed by atoms with Crippen LogP contribution in [0.3, 0.4) is 0 Å². The zero-order valence-electron chi connectivity index (χ0n) is 14.4. The van der Waals surface area contributed by atoms with Gasteiger partial charge in [-0.1, -0.05) is 25.8 Å². The molecule has 1 aliphatic carbocycles. The van der Waals surface area contributed by atoms with E-state index in [1.54, 1.807) is 16.8 Å².